The molecule has 1 rings (SSSR count). The molecule has 106 valence electrons. The largest absolute Gasteiger partial charge is 0.378 e. The number of nitrogens with zero attached hydrogens (tertiary/aromatic N) is 1. The predicted molar refractivity (Wildman–Crippen MR) is 70.3 cm³/mol. The van der Waals surface area contributed by atoms with E-state index in [1.165, 1.54) is 0 Å². The molecule has 1 fully saturated rings. The van der Waals surface area contributed by atoms with Gasteiger partial charge >= 0.3 is 0 Å². The number of carbonyl (C=O) groups is 1. The number of nitrogens with two attached hydrogens (primary N) is 1. The molecular weight excluding hydrogens is 232 g/mol. The minimum Gasteiger partial charge on any atom is -0.378 e. The quantitative estimate of drug-likeness (QED) is 0.809. The maximum Gasteiger partial charge on any atom is 0.225 e. The highest BCUT2D eigenvalue weighted by atomic mass is 16.5. The summed E-state index contributed by atoms with van der Waals surface area (Å²) in [4.78, 5) is 14.1. The van der Waals surface area contributed by atoms with Gasteiger partial charge in [-0.05, 0) is 27.7 Å². The van der Waals surface area contributed by atoms with Gasteiger partial charge in [0.05, 0.1) is 23.7 Å². The van der Waals surface area contributed by atoms with Crippen molar-refractivity contribution in [3.8, 4) is 0 Å². The molecule has 0 aliphatic carbocycles. The lowest BCUT2D eigenvalue weighted by molar-refractivity contribution is -0.163. The minimum atomic E-state index is -0.433. The molecule has 1 unspecified atom stereocenters. The van der Waals surface area contributed by atoms with Gasteiger partial charge in [-0.15, -0.1) is 0 Å². The van der Waals surface area contributed by atoms with E-state index < -0.39 is 5.60 Å². The van der Waals surface area contributed by atoms with E-state index in [0.717, 1.165) is 0 Å². The molecule has 0 aromatic carbocycles. The Bertz CT molecular complexity index is 303. The monoisotopic (exact) mass is 258 g/mol. The zero-order valence-corrected chi connectivity index (χ0v) is 12.2. The Hall–Kier alpha value is -0.650. The molecule has 1 saturated heterocycles. The van der Waals surface area contributed by atoms with E-state index in [4.69, 9.17) is 15.2 Å². The average molecular weight is 258 g/mol. The normalized spacial score (nSPS) is 24.1. The van der Waals surface area contributed by atoms with E-state index in [9.17, 15) is 4.79 Å². The van der Waals surface area contributed by atoms with Crippen molar-refractivity contribution in [2.75, 3.05) is 26.7 Å². The Kier molecular flexibility index (Phi) is 4.75. The van der Waals surface area contributed by atoms with Gasteiger partial charge in [-0.25, -0.2) is 0 Å². The SMILES string of the molecule is COC(C)(C)CC(=O)N1CC(CN)OC(C)(C)C1. The summed E-state index contributed by atoms with van der Waals surface area (Å²) >= 11 is 0. The van der Waals surface area contributed by atoms with E-state index in [0.29, 0.717) is 26.1 Å². The minimum absolute atomic E-state index is 0.0802. The van der Waals surface area contributed by atoms with Crippen LogP contribution in [-0.4, -0.2) is 54.9 Å². The Morgan fingerprint density at radius 3 is 2.67 bits per heavy atom. The highest BCUT2D eigenvalue weighted by Gasteiger charge is 2.36. The van der Waals surface area contributed by atoms with Crippen LogP contribution in [0.25, 0.3) is 0 Å². The van der Waals surface area contributed by atoms with Crippen LogP contribution in [0.4, 0.5) is 0 Å². The number of hydrogen-bond acceptors (Lipinski definition) is 4. The van der Waals surface area contributed by atoms with Gasteiger partial charge in [0.1, 0.15) is 0 Å². The lowest BCUT2D eigenvalue weighted by Crippen LogP contribution is -2.57. The van der Waals surface area contributed by atoms with Crippen molar-refractivity contribution in [3.63, 3.8) is 0 Å². The average Bonchev–Trinajstić information content (AvgIpc) is 2.26. The maximum absolute atomic E-state index is 12.3. The van der Waals surface area contributed by atoms with Crippen LogP contribution >= 0.6 is 0 Å². The lowest BCUT2D eigenvalue weighted by Gasteiger charge is -2.43. The van der Waals surface area contributed by atoms with Gasteiger partial charge in [-0.3, -0.25) is 4.79 Å². The summed E-state index contributed by atoms with van der Waals surface area (Å²) < 4.78 is 11.1. The molecule has 0 saturated carbocycles. The molecule has 0 aromatic rings. The van der Waals surface area contributed by atoms with Gasteiger partial charge in [0, 0.05) is 26.7 Å². The molecule has 1 heterocycles. The molecule has 1 aliphatic heterocycles. The Morgan fingerprint density at radius 1 is 1.56 bits per heavy atom. The van der Waals surface area contributed by atoms with Crippen molar-refractivity contribution in [1.29, 1.82) is 0 Å². The summed E-state index contributed by atoms with van der Waals surface area (Å²) in [5, 5.41) is 0. The Morgan fingerprint density at radius 2 is 2.17 bits per heavy atom. The summed E-state index contributed by atoms with van der Waals surface area (Å²) in [6.45, 7) is 9.39. The van der Waals surface area contributed by atoms with Gasteiger partial charge in [-0.1, -0.05) is 0 Å². The summed E-state index contributed by atoms with van der Waals surface area (Å²) in [6.07, 6.45) is 0.292. The lowest BCUT2D eigenvalue weighted by atomic mass is 10.0. The summed E-state index contributed by atoms with van der Waals surface area (Å²) in [5.74, 6) is 0.0941. The van der Waals surface area contributed by atoms with Gasteiger partial charge in [-0.2, -0.15) is 0 Å². The third-order valence-electron chi connectivity index (χ3n) is 3.23. The van der Waals surface area contributed by atoms with Crippen molar-refractivity contribution in [2.24, 2.45) is 5.73 Å². The van der Waals surface area contributed by atoms with Crippen molar-refractivity contribution in [2.45, 2.75) is 51.4 Å². The number of ether oxygens (including phenoxy) is 2. The van der Waals surface area contributed by atoms with Crippen LogP contribution in [0.1, 0.15) is 34.1 Å². The second kappa shape index (κ2) is 5.55. The zero-order chi connectivity index (χ0) is 14.0. The molecule has 1 aliphatic rings. The summed E-state index contributed by atoms with van der Waals surface area (Å²) in [6, 6.07) is 0. The third-order valence-corrected chi connectivity index (χ3v) is 3.23. The molecule has 0 bridgehead atoms. The molecule has 18 heavy (non-hydrogen) atoms. The Labute approximate surface area is 110 Å². The van der Waals surface area contributed by atoms with Gasteiger partial charge < -0.3 is 20.1 Å². The first-order valence-corrected chi connectivity index (χ1v) is 6.40. The number of rotatable bonds is 4. The van der Waals surface area contributed by atoms with E-state index in [2.05, 4.69) is 0 Å². The molecular formula is C13H26N2O3. The highest BCUT2D eigenvalue weighted by molar-refractivity contribution is 5.77. The maximum atomic E-state index is 12.3. The molecule has 5 heteroatoms. The number of methoxy groups -OCH3 is 1. The Balaban J connectivity index is 2.67. The van der Waals surface area contributed by atoms with E-state index in [-0.39, 0.29) is 17.6 Å². The standard InChI is InChI=1S/C13H26N2O3/c1-12(2,17-5)6-11(16)15-8-10(7-14)18-13(3,4)9-15/h10H,6-9,14H2,1-5H3. The molecule has 0 spiro atoms. The number of morpholine rings is 1. The fraction of sp³-hybridized carbons (Fsp3) is 0.923. The molecule has 5 nitrogen and oxygen atoms in total. The number of hydrogen-bond donors (Lipinski definition) is 1. The fourth-order valence-electron chi connectivity index (χ4n) is 2.16. The van der Waals surface area contributed by atoms with Gasteiger partial charge in [0.15, 0.2) is 0 Å². The van der Waals surface area contributed by atoms with Crippen molar-refractivity contribution >= 4 is 5.91 Å². The van der Waals surface area contributed by atoms with Crippen LogP contribution in [0.15, 0.2) is 0 Å². The number of carbonyl (C=O) groups excluding carboxylic acids is 1. The number of amides is 1. The van der Waals surface area contributed by atoms with E-state index in [1.54, 1.807) is 7.11 Å². The van der Waals surface area contributed by atoms with Crippen LogP contribution in [0, 0.1) is 0 Å². The third kappa shape index (κ3) is 4.23. The van der Waals surface area contributed by atoms with E-state index in [1.807, 2.05) is 32.6 Å². The van der Waals surface area contributed by atoms with Crippen LogP contribution in [0.2, 0.25) is 0 Å². The molecule has 2 N–H and O–H groups in total. The van der Waals surface area contributed by atoms with Crippen molar-refractivity contribution in [1.82, 2.24) is 4.90 Å². The van der Waals surface area contributed by atoms with Gasteiger partial charge in [0.25, 0.3) is 0 Å². The van der Waals surface area contributed by atoms with Crippen LogP contribution in [0.5, 0.6) is 0 Å². The zero-order valence-electron chi connectivity index (χ0n) is 12.2. The van der Waals surface area contributed by atoms with Crippen molar-refractivity contribution in [3.05, 3.63) is 0 Å². The summed E-state index contributed by atoms with van der Waals surface area (Å²) in [5.41, 5.74) is 4.88. The smallest absolute Gasteiger partial charge is 0.225 e. The molecule has 1 atom stereocenters. The summed E-state index contributed by atoms with van der Waals surface area (Å²) in [7, 11) is 1.62. The first kappa shape index (κ1) is 15.4. The van der Waals surface area contributed by atoms with Crippen LogP contribution in [-0.2, 0) is 14.3 Å². The molecule has 0 aromatic heterocycles. The van der Waals surface area contributed by atoms with Crippen molar-refractivity contribution < 1.29 is 14.3 Å². The highest BCUT2D eigenvalue weighted by Crippen LogP contribution is 2.23. The first-order valence-electron chi connectivity index (χ1n) is 6.40. The fourth-order valence-corrected chi connectivity index (χ4v) is 2.16. The molecule has 1 amide bonds. The van der Waals surface area contributed by atoms with Gasteiger partial charge in [0.2, 0.25) is 5.91 Å². The van der Waals surface area contributed by atoms with Crippen LogP contribution < -0.4 is 5.73 Å². The second-order valence-corrected chi connectivity index (χ2v) is 6.15. The van der Waals surface area contributed by atoms with Crippen LogP contribution in [0.3, 0.4) is 0 Å². The molecule has 0 radical (unpaired) electrons. The van der Waals surface area contributed by atoms with E-state index >= 15 is 0 Å². The second-order valence-electron chi connectivity index (χ2n) is 6.15. The predicted octanol–water partition coefficient (Wildman–Crippen LogP) is 0.766. The topological polar surface area (TPSA) is 64.8 Å². The first-order chi connectivity index (χ1) is 8.19.